The molecule has 3 aromatic rings. The number of carbonyl (C=O) groups excluding carboxylic acids is 1. The van der Waals surface area contributed by atoms with E-state index in [0.29, 0.717) is 0 Å². The highest BCUT2D eigenvalue weighted by Gasteiger charge is 2.19. The zero-order valence-corrected chi connectivity index (χ0v) is 15.4. The van der Waals surface area contributed by atoms with Crippen LogP contribution in [0.1, 0.15) is 15.9 Å². The summed E-state index contributed by atoms with van der Waals surface area (Å²) >= 11 is 1.07. The summed E-state index contributed by atoms with van der Waals surface area (Å²) in [4.78, 5) is 12.4. The van der Waals surface area contributed by atoms with Crippen LogP contribution in [0.3, 0.4) is 0 Å². The van der Waals surface area contributed by atoms with Crippen LogP contribution in [-0.2, 0) is 10.0 Å². The van der Waals surface area contributed by atoms with Crippen molar-refractivity contribution in [3.8, 4) is 0 Å². The van der Waals surface area contributed by atoms with Crippen molar-refractivity contribution in [2.24, 2.45) is 5.10 Å². The van der Waals surface area contributed by atoms with Gasteiger partial charge in [-0.3, -0.25) is 9.52 Å². The Morgan fingerprint density at radius 2 is 1.78 bits per heavy atom. The molecule has 1 heterocycles. The van der Waals surface area contributed by atoms with Crippen LogP contribution in [0.15, 0.2) is 75.4 Å². The molecule has 0 aliphatic carbocycles. The normalized spacial score (nSPS) is 11.4. The molecule has 2 aromatic carbocycles. The monoisotopic (exact) mass is 403 g/mol. The number of thiophene rings is 1. The molecule has 0 atom stereocenters. The van der Waals surface area contributed by atoms with Gasteiger partial charge >= 0.3 is 0 Å². The highest BCUT2D eigenvalue weighted by atomic mass is 32.2. The van der Waals surface area contributed by atoms with Crippen LogP contribution in [0.2, 0.25) is 0 Å². The fraction of sp³-hybridized carbons (Fsp3) is 0. The van der Waals surface area contributed by atoms with Gasteiger partial charge in [0.25, 0.3) is 15.9 Å². The van der Waals surface area contributed by atoms with Gasteiger partial charge in [0.2, 0.25) is 0 Å². The Kier molecular flexibility index (Phi) is 5.63. The Hall–Kier alpha value is -3.04. The molecule has 0 saturated carbocycles. The highest BCUT2D eigenvalue weighted by molar-refractivity contribution is 7.94. The summed E-state index contributed by atoms with van der Waals surface area (Å²) in [6.07, 6.45) is 1.17. The number of sulfonamides is 1. The molecule has 0 radical (unpaired) electrons. The maximum absolute atomic E-state index is 13.5. The number of para-hydroxylation sites is 1. The van der Waals surface area contributed by atoms with Crippen molar-refractivity contribution in [2.45, 2.75) is 4.21 Å². The minimum absolute atomic E-state index is 0.0864. The van der Waals surface area contributed by atoms with E-state index in [9.17, 15) is 17.6 Å². The van der Waals surface area contributed by atoms with Crippen LogP contribution < -0.4 is 10.1 Å². The van der Waals surface area contributed by atoms with E-state index < -0.39 is 21.7 Å². The first-order valence-corrected chi connectivity index (χ1v) is 10.1. The molecule has 1 aromatic heterocycles. The minimum atomic E-state index is -3.79. The Labute approximate surface area is 159 Å². The van der Waals surface area contributed by atoms with Crippen molar-refractivity contribution in [1.82, 2.24) is 5.43 Å². The molecule has 27 heavy (non-hydrogen) atoms. The standard InChI is InChI=1S/C18H14FN3O3S2/c19-15-8-3-1-6-13(15)12-20-21-18(23)14-7-2-4-9-16(14)22-27(24,25)17-10-5-11-26-17/h1-12,22H,(H,21,23). The lowest BCUT2D eigenvalue weighted by molar-refractivity contribution is 0.0956. The van der Waals surface area contributed by atoms with Crippen LogP contribution in [0.4, 0.5) is 10.1 Å². The van der Waals surface area contributed by atoms with E-state index in [1.807, 2.05) is 0 Å². The van der Waals surface area contributed by atoms with Gasteiger partial charge < -0.3 is 0 Å². The molecule has 1 amide bonds. The van der Waals surface area contributed by atoms with Crippen LogP contribution in [-0.4, -0.2) is 20.5 Å². The second kappa shape index (κ2) is 8.11. The van der Waals surface area contributed by atoms with Gasteiger partial charge in [-0.25, -0.2) is 18.2 Å². The van der Waals surface area contributed by atoms with Crippen molar-refractivity contribution in [3.63, 3.8) is 0 Å². The number of rotatable bonds is 6. The molecule has 6 nitrogen and oxygen atoms in total. The Bertz CT molecular complexity index is 1080. The van der Waals surface area contributed by atoms with Crippen molar-refractivity contribution in [1.29, 1.82) is 0 Å². The van der Waals surface area contributed by atoms with Crippen molar-refractivity contribution in [3.05, 3.63) is 83.0 Å². The third kappa shape index (κ3) is 4.57. The first-order chi connectivity index (χ1) is 13.0. The number of benzene rings is 2. The molecule has 0 unspecified atom stereocenters. The fourth-order valence-corrected chi connectivity index (χ4v) is 4.25. The molecule has 0 bridgehead atoms. The van der Waals surface area contributed by atoms with E-state index in [-0.39, 0.29) is 21.0 Å². The molecular formula is C18H14FN3O3S2. The first-order valence-electron chi connectivity index (χ1n) is 7.71. The predicted molar refractivity (Wildman–Crippen MR) is 103 cm³/mol. The molecule has 9 heteroatoms. The highest BCUT2D eigenvalue weighted by Crippen LogP contribution is 2.22. The summed E-state index contributed by atoms with van der Waals surface area (Å²) < 4.78 is 40.8. The van der Waals surface area contributed by atoms with Gasteiger partial charge in [-0.1, -0.05) is 36.4 Å². The molecule has 0 aliphatic rings. The first kappa shape index (κ1) is 18.7. The summed E-state index contributed by atoms with van der Waals surface area (Å²) in [5.74, 6) is -1.10. The summed E-state index contributed by atoms with van der Waals surface area (Å²) in [6.45, 7) is 0. The third-order valence-corrected chi connectivity index (χ3v) is 6.21. The lowest BCUT2D eigenvalue weighted by Gasteiger charge is -2.10. The van der Waals surface area contributed by atoms with Crippen molar-refractivity contribution < 1.29 is 17.6 Å². The number of hydrazone groups is 1. The number of halogens is 1. The lowest BCUT2D eigenvalue weighted by Crippen LogP contribution is -2.21. The molecule has 0 spiro atoms. The third-order valence-electron chi connectivity index (χ3n) is 3.45. The fourth-order valence-electron chi connectivity index (χ4n) is 2.18. The van der Waals surface area contributed by atoms with Crippen molar-refractivity contribution >= 4 is 39.2 Å². The van der Waals surface area contributed by atoms with E-state index in [1.165, 1.54) is 36.5 Å². The minimum Gasteiger partial charge on any atom is -0.278 e. The van der Waals surface area contributed by atoms with E-state index >= 15 is 0 Å². The SMILES string of the molecule is O=C(NN=Cc1ccccc1F)c1ccccc1NS(=O)(=O)c1cccs1. The average molecular weight is 403 g/mol. The van der Waals surface area contributed by atoms with E-state index in [2.05, 4.69) is 15.2 Å². The van der Waals surface area contributed by atoms with Gasteiger partial charge in [0.05, 0.1) is 17.5 Å². The lowest BCUT2D eigenvalue weighted by atomic mass is 10.2. The molecule has 2 N–H and O–H groups in total. The van der Waals surface area contributed by atoms with E-state index in [1.54, 1.807) is 35.7 Å². The summed E-state index contributed by atoms with van der Waals surface area (Å²) in [6, 6.07) is 15.2. The van der Waals surface area contributed by atoms with Crippen LogP contribution >= 0.6 is 11.3 Å². The number of amides is 1. The van der Waals surface area contributed by atoms with Gasteiger partial charge in [0.15, 0.2) is 0 Å². The zero-order valence-electron chi connectivity index (χ0n) is 13.8. The number of hydrogen-bond donors (Lipinski definition) is 2. The Morgan fingerprint density at radius 3 is 2.52 bits per heavy atom. The van der Waals surface area contributed by atoms with Gasteiger partial charge in [-0.15, -0.1) is 11.3 Å². The molecule has 0 saturated heterocycles. The predicted octanol–water partition coefficient (Wildman–Crippen LogP) is 3.45. The summed E-state index contributed by atoms with van der Waals surface area (Å²) in [5.41, 5.74) is 2.68. The summed E-state index contributed by atoms with van der Waals surface area (Å²) in [5, 5.41) is 5.37. The van der Waals surface area contributed by atoms with Crippen LogP contribution in [0.5, 0.6) is 0 Å². The van der Waals surface area contributed by atoms with Crippen LogP contribution in [0, 0.1) is 5.82 Å². The number of nitrogens with one attached hydrogen (secondary N) is 2. The molecule has 138 valence electrons. The largest absolute Gasteiger partial charge is 0.278 e. The molecule has 0 fully saturated rings. The number of hydrogen-bond acceptors (Lipinski definition) is 5. The smallest absolute Gasteiger partial charge is 0.273 e. The van der Waals surface area contributed by atoms with Gasteiger partial charge in [0, 0.05) is 5.56 Å². The van der Waals surface area contributed by atoms with Gasteiger partial charge in [-0.05, 0) is 29.6 Å². The second-order valence-corrected chi connectivity index (χ2v) is 8.16. The Balaban J connectivity index is 1.77. The zero-order chi connectivity index (χ0) is 19.3. The maximum Gasteiger partial charge on any atom is 0.273 e. The summed E-state index contributed by atoms with van der Waals surface area (Å²) in [7, 11) is -3.79. The molecule has 3 rings (SSSR count). The Morgan fingerprint density at radius 1 is 1.04 bits per heavy atom. The van der Waals surface area contributed by atoms with Crippen LogP contribution in [0.25, 0.3) is 0 Å². The van der Waals surface area contributed by atoms with E-state index in [0.717, 1.165) is 11.3 Å². The molecule has 0 aliphatic heterocycles. The van der Waals surface area contributed by atoms with E-state index in [4.69, 9.17) is 0 Å². The average Bonchev–Trinajstić information content (AvgIpc) is 3.19. The quantitative estimate of drug-likeness (QED) is 0.488. The topological polar surface area (TPSA) is 87.6 Å². The number of carbonyl (C=O) groups is 1. The van der Waals surface area contributed by atoms with Gasteiger partial charge in [0.1, 0.15) is 10.0 Å². The number of anilines is 1. The van der Waals surface area contributed by atoms with Gasteiger partial charge in [-0.2, -0.15) is 5.10 Å². The number of nitrogens with zero attached hydrogens (tertiary/aromatic N) is 1. The van der Waals surface area contributed by atoms with Crippen molar-refractivity contribution in [2.75, 3.05) is 4.72 Å². The molecular weight excluding hydrogens is 389 g/mol. The second-order valence-electron chi connectivity index (χ2n) is 5.30. The maximum atomic E-state index is 13.5.